The van der Waals surface area contributed by atoms with Gasteiger partial charge < -0.3 is 4.74 Å². The van der Waals surface area contributed by atoms with E-state index in [2.05, 4.69) is 4.98 Å². The Labute approximate surface area is 381 Å². The van der Waals surface area contributed by atoms with Crippen LogP contribution in [0.4, 0.5) is 0 Å². The normalized spacial score (nSPS) is 18.4. The Morgan fingerprint density at radius 1 is 0.683 bits per heavy atom. The van der Waals surface area contributed by atoms with E-state index >= 15 is 0 Å². The maximum absolute atomic E-state index is 10.5. The Hall–Kier alpha value is -7.09. The fraction of sp³-hybridized carbons (Fsp3) is 0.161. The number of fused-ring (bicyclic) bond motifs is 15. The monoisotopic (exact) mass is 841 g/mol. The maximum atomic E-state index is 10.5. The van der Waals surface area contributed by atoms with E-state index in [1.807, 2.05) is 127 Å². The van der Waals surface area contributed by atoms with Gasteiger partial charge in [-0.05, 0) is 141 Å². The van der Waals surface area contributed by atoms with Gasteiger partial charge >= 0.3 is 0 Å². The van der Waals surface area contributed by atoms with Gasteiger partial charge in [-0.15, -0.1) is 0 Å². The minimum absolute atomic E-state index is 0.0175. The molecule has 1 aliphatic heterocycles. The first-order valence-corrected chi connectivity index (χ1v) is 23.5. The lowest BCUT2D eigenvalue weighted by molar-refractivity contribution is 0.487. The minimum atomic E-state index is -5.17. The summed E-state index contributed by atoms with van der Waals surface area (Å²) in [6.45, 7) is -7.44. The third-order valence-electron chi connectivity index (χ3n) is 13.5. The van der Waals surface area contributed by atoms with Crippen LogP contribution < -0.4 is 15.1 Å². The van der Waals surface area contributed by atoms with Crippen LogP contribution in [-0.4, -0.2) is 32.0 Å². The zero-order valence-corrected chi connectivity index (χ0v) is 35.3. The summed E-state index contributed by atoms with van der Waals surface area (Å²) in [5, 5.41) is -0.0241. The van der Waals surface area contributed by atoms with E-state index < -0.39 is 33.8 Å². The molecule has 0 amide bonds. The van der Waals surface area contributed by atoms with Gasteiger partial charge in [-0.1, -0.05) is 111 Å². The fourth-order valence-electron chi connectivity index (χ4n) is 10.6. The number of para-hydroxylation sites is 4. The van der Waals surface area contributed by atoms with Crippen LogP contribution in [0.3, 0.4) is 0 Å². The van der Waals surface area contributed by atoms with Crippen molar-refractivity contribution < 1.29 is 18.4 Å². The molecule has 0 atom stereocenters. The first-order valence-electron chi connectivity index (χ1n) is 26.5. The van der Waals surface area contributed by atoms with Gasteiger partial charge in [-0.2, -0.15) is 0 Å². The largest absolute Gasteiger partial charge is 0.457 e. The summed E-state index contributed by atoms with van der Waals surface area (Å²) < 4.78 is 108. The van der Waals surface area contributed by atoms with Crippen LogP contribution in [-0.2, 0) is 0 Å². The summed E-state index contributed by atoms with van der Waals surface area (Å²) in [6, 6.07) is 41.4. The predicted octanol–water partition coefficient (Wildman–Crippen LogP) is 13.1. The van der Waals surface area contributed by atoms with Crippen molar-refractivity contribution in [3.8, 4) is 73.0 Å². The van der Waals surface area contributed by atoms with Gasteiger partial charge in [0.05, 0.1) is 33.4 Å². The number of aromatic nitrogens is 5. The highest BCUT2D eigenvalue weighted by atomic mass is 28.3. The highest BCUT2D eigenvalue weighted by Gasteiger charge is 2.40. The molecule has 2 aliphatic carbocycles. The summed E-state index contributed by atoms with van der Waals surface area (Å²) in [7, 11) is -5.17. The average Bonchev–Trinajstić information content (AvgIpc) is 4.07. The van der Waals surface area contributed by atoms with Crippen molar-refractivity contribution >= 4 is 46.3 Å². The smallest absolute Gasteiger partial charge is 0.220 e. The molecule has 63 heavy (non-hydrogen) atoms. The van der Waals surface area contributed by atoms with E-state index in [0.717, 1.165) is 51.7 Å². The molecule has 0 unspecified atom stereocenters. The fourth-order valence-corrected chi connectivity index (χ4v) is 12.6. The van der Waals surface area contributed by atoms with Crippen molar-refractivity contribution in [2.75, 3.05) is 0 Å². The molecular formula is C56H45N5OSi. The van der Waals surface area contributed by atoms with Gasteiger partial charge in [-0.3, -0.25) is 8.97 Å². The number of ether oxygens (including phenoxy) is 1. The van der Waals surface area contributed by atoms with Crippen molar-refractivity contribution in [2.45, 2.75) is 58.3 Å². The lowest BCUT2D eigenvalue weighted by Gasteiger charge is -2.36. The molecule has 1 saturated carbocycles. The summed E-state index contributed by atoms with van der Waals surface area (Å²) in [4.78, 5) is 14.5. The molecule has 0 saturated heterocycles. The van der Waals surface area contributed by atoms with E-state index in [4.69, 9.17) is 14.7 Å². The number of benzene rings is 7. The van der Waals surface area contributed by atoms with Gasteiger partial charge in [0.1, 0.15) is 25.9 Å². The van der Waals surface area contributed by atoms with Gasteiger partial charge in [-0.25, -0.2) is 15.0 Å². The van der Waals surface area contributed by atoms with E-state index in [-0.39, 0.29) is 38.7 Å². The Balaban J connectivity index is 1.29. The summed E-state index contributed by atoms with van der Waals surface area (Å²) in [6.07, 6.45) is 5.73. The Bertz CT molecular complexity index is 3960. The maximum Gasteiger partial charge on any atom is 0.220 e. The topological polar surface area (TPSA) is 57.2 Å². The second-order valence-corrected chi connectivity index (χ2v) is 19.6. The highest BCUT2D eigenvalue weighted by molar-refractivity contribution is 7.01. The van der Waals surface area contributed by atoms with Crippen LogP contribution in [0, 0.1) is 13.8 Å². The van der Waals surface area contributed by atoms with Crippen LogP contribution in [0.25, 0.3) is 89.3 Å². The van der Waals surface area contributed by atoms with Crippen molar-refractivity contribution in [3.63, 3.8) is 0 Å². The second kappa shape index (κ2) is 13.5. The molecular weight excluding hydrogens is 787 g/mol. The van der Waals surface area contributed by atoms with Crippen LogP contribution in [0.2, 0.25) is 13.0 Å². The lowest BCUT2D eigenvalue weighted by atomic mass is 9.78. The minimum Gasteiger partial charge on any atom is -0.457 e. The molecule has 7 aromatic carbocycles. The molecule has 0 N–H and O–H groups in total. The van der Waals surface area contributed by atoms with Gasteiger partial charge in [0.25, 0.3) is 0 Å². The van der Waals surface area contributed by atoms with Crippen LogP contribution in [0.1, 0.15) is 62.0 Å². The van der Waals surface area contributed by atoms with Gasteiger partial charge in [0.15, 0.2) is 0 Å². The Morgan fingerprint density at radius 3 is 2.17 bits per heavy atom. The Kier molecular flexibility index (Phi) is 5.93. The van der Waals surface area contributed by atoms with Crippen LogP contribution in [0.5, 0.6) is 11.5 Å². The SMILES string of the molecule is [2H]C([2H])([2H])c1c(-n2c3ccccc3n3c4ccccc4nc23)cc2c(c1-c1cc3c(cc1C1([2H])CCCC1)-c1ccccc1-c1cncnc1-c1ccccc1-3)Oc1cc(C)ccc1[Si]2(C([2H])([2H])[2H])C([2H])([2H])[2H]. The first-order chi connectivity index (χ1) is 34.9. The van der Waals surface area contributed by atoms with Crippen LogP contribution in [0.15, 0.2) is 146 Å². The van der Waals surface area contributed by atoms with E-state index in [0.29, 0.717) is 63.1 Å². The molecule has 0 bridgehead atoms. The van der Waals surface area contributed by atoms with E-state index in [9.17, 15) is 13.7 Å². The number of rotatable bonds is 3. The molecule has 0 radical (unpaired) electrons. The predicted molar refractivity (Wildman–Crippen MR) is 260 cm³/mol. The number of hydrogen-bond acceptors (Lipinski definition) is 4. The van der Waals surface area contributed by atoms with Gasteiger partial charge in [0, 0.05) is 36.6 Å². The van der Waals surface area contributed by atoms with Crippen LogP contribution >= 0.6 is 0 Å². The molecule has 6 nitrogen and oxygen atoms in total. The zero-order chi connectivity index (χ0) is 50.6. The summed E-state index contributed by atoms with van der Waals surface area (Å²) >= 11 is 0. The number of aryl methyl sites for hydroxylation is 1. The number of nitrogens with zero attached hydrogens (tertiary/aromatic N) is 5. The second-order valence-electron chi connectivity index (χ2n) is 17.1. The first kappa shape index (κ1) is 27.8. The summed E-state index contributed by atoms with van der Waals surface area (Å²) in [5.41, 5.74) is 10.4. The van der Waals surface area contributed by atoms with Crippen molar-refractivity contribution in [1.82, 2.24) is 23.9 Å². The highest BCUT2D eigenvalue weighted by Crippen LogP contribution is 2.53. The molecule has 10 aromatic rings. The Morgan fingerprint density at radius 2 is 1.38 bits per heavy atom. The molecule has 3 aromatic heterocycles. The number of imidazole rings is 2. The number of hydrogen-bond donors (Lipinski definition) is 0. The molecule has 0 spiro atoms. The summed E-state index contributed by atoms with van der Waals surface area (Å²) in [5.74, 6) is -1.01. The van der Waals surface area contributed by atoms with E-state index in [1.54, 1.807) is 22.8 Å². The molecule has 1 fully saturated rings. The standard InChI is InChI=1S/C56H45N5OSi/c1-33-25-26-51-50(27-33)62-55-52(63(51,3)4)30-49(61-48-24-14-13-23-47(48)60-46-22-12-11-21-45(46)59-56(60)61)34(2)53(55)43-29-42-38-19-9-10-20-39(38)54-44(31-57-32-58-54)37-18-8-7-17-36(37)41(42)28-40(43)35-15-5-6-16-35/h7-14,17-32,35H,5-6,15-16H2,1-4H3/i2D3,3D3,4D3,35D. The zero-order valence-electron chi connectivity index (χ0n) is 44.3. The van der Waals surface area contributed by atoms with E-state index in [1.165, 1.54) is 12.4 Å². The molecule has 3 aliphatic rings. The van der Waals surface area contributed by atoms with Crippen molar-refractivity contribution in [1.29, 1.82) is 0 Å². The molecule has 7 heteroatoms. The molecule has 304 valence electrons. The lowest BCUT2D eigenvalue weighted by Crippen LogP contribution is -2.56. The average molecular weight is 842 g/mol. The van der Waals surface area contributed by atoms with Crippen molar-refractivity contribution in [3.05, 3.63) is 163 Å². The molecule has 13 rings (SSSR count). The third-order valence-corrected chi connectivity index (χ3v) is 15.9. The third kappa shape index (κ3) is 5.20. The van der Waals surface area contributed by atoms with Gasteiger partial charge in [0.2, 0.25) is 5.78 Å². The quantitative estimate of drug-likeness (QED) is 0.166. The molecule has 4 heterocycles. The van der Waals surface area contributed by atoms with Crippen molar-refractivity contribution in [2.24, 2.45) is 0 Å².